The maximum Gasteiger partial charge on any atom is 0.321 e. The van der Waals surface area contributed by atoms with Crippen LogP contribution in [0.5, 0.6) is 0 Å². The lowest BCUT2D eigenvalue weighted by atomic mass is 9.68. The van der Waals surface area contributed by atoms with Crippen LogP contribution in [0.4, 0.5) is 0 Å². The molecular formula is C15H15BrN2O3. The minimum atomic E-state index is -0.748. The first-order chi connectivity index (χ1) is 10.2. The van der Waals surface area contributed by atoms with Gasteiger partial charge in [-0.15, -0.1) is 0 Å². The number of carbonyl (C=O) groups is 1. The van der Waals surface area contributed by atoms with Crippen molar-refractivity contribution in [2.75, 3.05) is 6.61 Å². The molecule has 0 amide bonds. The lowest BCUT2D eigenvalue weighted by Gasteiger charge is -2.35. The highest BCUT2D eigenvalue weighted by Gasteiger charge is 2.52. The molecular weight excluding hydrogens is 336 g/mol. The Balaban J connectivity index is 1.94. The van der Waals surface area contributed by atoms with Crippen LogP contribution in [0.25, 0.3) is 11.4 Å². The molecule has 0 unspecified atom stereocenters. The van der Waals surface area contributed by atoms with E-state index in [9.17, 15) is 4.79 Å². The summed E-state index contributed by atoms with van der Waals surface area (Å²) in [6.07, 6.45) is 2.36. The van der Waals surface area contributed by atoms with Crippen LogP contribution in [0.15, 0.2) is 33.3 Å². The molecule has 0 bridgehead atoms. The molecule has 3 rings (SSSR count). The average molecular weight is 351 g/mol. The number of carbonyl (C=O) groups excluding carboxylic acids is 1. The summed E-state index contributed by atoms with van der Waals surface area (Å²) in [6, 6.07) is 7.63. The van der Waals surface area contributed by atoms with E-state index in [1.54, 1.807) is 6.92 Å². The summed E-state index contributed by atoms with van der Waals surface area (Å²) in [7, 11) is 0. The molecule has 1 aromatic carbocycles. The lowest BCUT2D eigenvalue weighted by Crippen LogP contribution is -2.44. The zero-order valence-electron chi connectivity index (χ0n) is 11.6. The molecule has 0 radical (unpaired) electrons. The van der Waals surface area contributed by atoms with Crippen LogP contribution in [-0.4, -0.2) is 22.7 Å². The topological polar surface area (TPSA) is 65.2 Å². The van der Waals surface area contributed by atoms with Crippen LogP contribution in [0, 0.1) is 0 Å². The van der Waals surface area contributed by atoms with Crippen LogP contribution in [0.2, 0.25) is 0 Å². The number of hydrogen-bond donors (Lipinski definition) is 0. The zero-order valence-corrected chi connectivity index (χ0v) is 13.2. The van der Waals surface area contributed by atoms with Crippen LogP contribution in [0.1, 0.15) is 32.1 Å². The minimum absolute atomic E-state index is 0.265. The second-order valence-corrected chi connectivity index (χ2v) is 5.91. The number of aromatic nitrogens is 2. The number of ether oxygens (including phenoxy) is 1. The van der Waals surface area contributed by atoms with Crippen molar-refractivity contribution >= 4 is 21.9 Å². The van der Waals surface area contributed by atoms with E-state index in [-0.39, 0.29) is 5.97 Å². The molecule has 1 aliphatic carbocycles. The number of hydrogen-bond acceptors (Lipinski definition) is 5. The first-order valence-corrected chi connectivity index (χ1v) is 7.73. The SMILES string of the molecule is CCOC(=O)C1(c2nc(-c3ccccc3Br)no2)CCC1. The van der Waals surface area contributed by atoms with Gasteiger partial charge in [-0.2, -0.15) is 4.98 Å². The number of halogens is 1. The normalized spacial score (nSPS) is 16.3. The number of esters is 1. The Labute approximate surface area is 130 Å². The van der Waals surface area contributed by atoms with Crippen molar-refractivity contribution in [3.63, 3.8) is 0 Å². The van der Waals surface area contributed by atoms with Gasteiger partial charge in [0.25, 0.3) is 0 Å². The van der Waals surface area contributed by atoms with E-state index in [2.05, 4.69) is 26.1 Å². The molecule has 0 spiro atoms. The van der Waals surface area contributed by atoms with Gasteiger partial charge in [0.15, 0.2) is 0 Å². The number of rotatable bonds is 4. The Bertz CT molecular complexity index is 664. The summed E-state index contributed by atoms with van der Waals surface area (Å²) < 4.78 is 11.4. The van der Waals surface area contributed by atoms with E-state index >= 15 is 0 Å². The molecule has 5 nitrogen and oxygen atoms in total. The smallest absolute Gasteiger partial charge is 0.321 e. The second-order valence-electron chi connectivity index (χ2n) is 5.06. The van der Waals surface area contributed by atoms with Gasteiger partial charge in [-0.1, -0.05) is 39.6 Å². The van der Waals surface area contributed by atoms with Gasteiger partial charge < -0.3 is 9.26 Å². The van der Waals surface area contributed by atoms with Gasteiger partial charge in [-0.3, -0.25) is 4.79 Å². The molecule has 1 aromatic heterocycles. The van der Waals surface area contributed by atoms with E-state index in [1.165, 1.54) is 0 Å². The third-order valence-corrected chi connectivity index (χ3v) is 4.51. The van der Waals surface area contributed by atoms with Gasteiger partial charge in [-0.25, -0.2) is 0 Å². The van der Waals surface area contributed by atoms with E-state index in [0.29, 0.717) is 31.2 Å². The monoisotopic (exact) mass is 350 g/mol. The lowest BCUT2D eigenvalue weighted by molar-refractivity contribution is -0.155. The van der Waals surface area contributed by atoms with Crippen molar-refractivity contribution in [1.82, 2.24) is 10.1 Å². The van der Waals surface area contributed by atoms with E-state index < -0.39 is 5.41 Å². The molecule has 1 heterocycles. The highest BCUT2D eigenvalue weighted by Crippen LogP contribution is 2.44. The maximum atomic E-state index is 12.2. The molecule has 21 heavy (non-hydrogen) atoms. The van der Waals surface area contributed by atoms with Crippen molar-refractivity contribution in [3.05, 3.63) is 34.6 Å². The molecule has 6 heteroatoms. The molecule has 110 valence electrons. The molecule has 1 fully saturated rings. The van der Waals surface area contributed by atoms with Gasteiger partial charge in [-0.05, 0) is 31.9 Å². The Kier molecular flexibility index (Phi) is 3.80. The fourth-order valence-corrected chi connectivity index (χ4v) is 2.94. The summed E-state index contributed by atoms with van der Waals surface area (Å²) in [5.74, 6) is 0.574. The average Bonchev–Trinajstić information content (AvgIpc) is 2.88. The zero-order chi connectivity index (χ0) is 14.9. The van der Waals surface area contributed by atoms with Gasteiger partial charge in [0.05, 0.1) is 6.61 Å². The summed E-state index contributed by atoms with van der Waals surface area (Å²) in [4.78, 5) is 16.6. The molecule has 1 saturated carbocycles. The standard InChI is InChI=1S/C15H15BrN2O3/c1-2-20-14(19)15(8-5-9-15)13-17-12(18-21-13)10-6-3-4-7-11(10)16/h3-4,6-7H,2,5,8-9H2,1H3. The fourth-order valence-electron chi connectivity index (χ4n) is 2.47. The predicted octanol–water partition coefficient (Wildman–Crippen LogP) is 3.48. The molecule has 0 saturated heterocycles. The Morgan fingerprint density at radius 3 is 2.81 bits per heavy atom. The van der Waals surface area contributed by atoms with Crippen molar-refractivity contribution in [2.45, 2.75) is 31.6 Å². The molecule has 0 aliphatic heterocycles. The fraction of sp³-hybridized carbons (Fsp3) is 0.400. The van der Waals surface area contributed by atoms with Crippen LogP contribution < -0.4 is 0 Å². The summed E-state index contributed by atoms with van der Waals surface area (Å²) >= 11 is 3.46. The quantitative estimate of drug-likeness (QED) is 0.789. The Morgan fingerprint density at radius 1 is 1.43 bits per heavy atom. The van der Waals surface area contributed by atoms with Gasteiger partial charge in [0, 0.05) is 10.0 Å². The van der Waals surface area contributed by atoms with E-state index in [1.807, 2.05) is 24.3 Å². The van der Waals surface area contributed by atoms with Crippen LogP contribution >= 0.6 is 15.9 Å². The van der Waals surface area contributed by atoms with Gasteiger partial charge in [0.2, 0.25) is 11.7 Å². The van der Waals surface area contributed by atoms with Gasteiger partial charge in [0.1, 0.15) is 5.41 Å². The number of nitrogens with zero attached hydrogens (tertiary/aromatic N) is 2. The van der Waals surface area contributed by atoms with Gasteiger partial charge >= 0.3 is 5.97 Å². The van der Waals surface area contributed by atoms with E-state index in [0.717, 1.165) is 16.5 Å². The predicted molar refractivity (Wildman–Crippen MR) is 79.6 cm³/mol. The van der Waals surface area contributed by atoms with Crippen molar-refractivity contribution in [1.29, 1.82) is 0 Å². The first-order valence-electron chi connectivity index (χ1n) is 6.93. The van der Waals surface area contributed by atoms with Crippen molar-refractivity contribution in [3.8, 4) is 11.4 Å². The number of benzene rings is 1. The molecule has 2 aromatic rings. The summed E-state index contributed by atoms with van der Waals surface area (Å²) in [6.45, 7) is 2.15. The summed E-state index contributed by atoms with van der Waals surface area (Å²) in [5.41, 5.74) is 0.0912. The second kappa shape index (κ2) is 5.60. The van der Waals surface area contributed by atoms with E-state index in [4.69, 9.17) is 9.26 Å². The highest BCUT2D eigenvalue weighted by atomic mass is 79.9. The van der Waals surface area contributed by atoms with Crippen molar-refractivity contribution < 1.29 is 14.1 Å². The summed E-state index contributed by atoms with van der Waals surface area (Å²) in [5, 5.41) is 4.01. The molecule has 1 aliphatic rings. The largest absolute Gasteiger partial charge is 0.465 e. The highest BCUT2D eigenvalue weighted by molar-refractivity contribution is 9.10. The third-order valence-electron chi connectivity index (χ3n) is 3.82. The molecule has 0 atom stereocenters. The van der Waals surface area contributed by atoms with Crippen LogP contribution in [0.3, 0.4) is 0 Å². The van der Waals surface area contributed by atoms with Crippen LogP contribution in [-0.2, 0) is 14.9 Å². The Morgan fingerprint density at radius 2 is 2.19 bits per heavy atom. The third kappa shape index (κ3) is 2.37. The Hall–Kier alpha value is -1.69. The first kappa shape index (κ1) is 14.3. The maximum absolute atomic E-state index is 12.2. The minimum Gasteiger partial charge on any atom is -0.465 e. The molecule has 0 N–H and O–H groups in total. The van der Waals surface area contributed by atoms with Crippen molar-refractivity contribution in [2.24, 2.45) is 0 Å².